The average Bonchev–Trinajstić information content (AvgIpc) is 2.96. The number of amidine groups is 1. The zero-order chi connectivity index (χ0) is 15.7. The van der Waals surface area contributed by atoms with E-state index in [2.05, 4.69) is 10.3 Å². The standard InChI is InChI=1S/C15H11Cl2N3OS/c1-20-4-2-3-12(20)8-13-14(21)19-15(22-13)18-11-6-9(16)5-10(17)7-11/h2-8H,1H3,(H,18,19,21)/b13-8-. The highest BCUT2D eigenvalue weighted by atomic mass is 35.5. The Hall–Kier alpha value is -1.69. The van der Waals surface area contributed by atoms with Gasteiger partial charge in [0.25, 0.3) is 5.91 Å². The molecule has 22 heavy (non-hydrogen) atoms. The fourth-order valence-corrected chi connectivity index (χ4v) is 3.30. The Morgan fingerprint density at radius 2 is 2.00 bits per heavy atom. The molecule has 0 atom stereocenters. The summed E-state index contributed by atoms with van der Waals surface area (Å²) in [6, 6.07) is 8.87. The van der Waals surface area contributed by atoms with Gasteiger partial charge in [-0.15, -0.1) is 0 Å². The second-order valence-electron chi connectivity index (χ2n) is 4.65. The molecule has 1 aromatic heterocycles. The summed E-state index contributed by atoms with van der Waals surface area (Å²) in [4.78, 5) is 17.0. The van der Waals surface area contributed by atoms with Crippen molar-refractivity contribution in [2.75, 3.05) is 0 Å². The Labute approximate surface area is 141 Å². The molecular formula is C15H11Cl2N3OS. The number of thioether (sulfide) groups is 1. The molecule has 0 aliphatic carbocycles. The second-order valence-corrected chi connectivity index (χ2v) is 6.56. The van der Waals surface area contributed by atoms with E-state index in [0.29, 0.717) is 25.8 Å². The maximum atomic E-state index is 12.0. The molecule has 4 nitrogen and oxygen atoms in total. The summed E-state index contributed by atoms with van der Waals surface area (Å²) in [6.07, 6.45) is 3.75. The van der Waals surface area contributed by atoms with Crippen LogP contribution in [0.5, 0.6) is 0 Å². The van der Waals surface area contributed by atoms with E-state index in [1.165, 1.54) is 11.8 Å². The minimum Gasteiger partial charge on any atom is -0.351 e. The third-order valence-corrected chi connectivity index (χ3v) is 4.34. The van der Waals surface area contributed by atoms with Gasteiger partial charge in [-0.2, -0.15) is 0 Å². The lowest BCUT2D eigenvalue weighted by Crippen LogP contribution is -2.19. The van der Waals surface area contributed by atoms with Crippen LogP contribution in [0.4, 0.5) is 5.69 Å². The molecule has 0 saturated carbocycles. The van der Waals surface area contributed by atoms with Gasteiger partial charge in [0, 0.05) is 29.0 Å². The first kappa shape index (κ1) is 15.2. The van der Waals surface area contributed by atoms with E-state index in [-0.39, 0.29) is 5.91 Å². The van der Waals surface area contributed by atoms with Crippen molar-refractivity contribution >= 4 is 57.8 Å². The van der Waals surface area contributed by atoms with Crippen molar-refractivity contribution < 1.29 is 4.79 Å². The summed E-state index contributed by atoms with van der Waals surface area (Å²) in [7, 11) is 1.92. The van der Waals surface area contributed by atoms with Gasteiger partial charge in [0.1, 0.15) is 0 Å². The molecule has 1 fully saturated rings. The molecule has 0 radical (unpaired) electrons. The van der Waals surface area contributed by atoms with Crippen molar-refractivity contribution in [3.05, 3.63) is 57.2 Å². The van der Waals surface area contributed by atoms with Crippen LogP contribution >= 0.6 is 35.0 Å². The molecule has 7 heteroatoms. The van der Waals surface area contributed by atoms with Crippen LogP contribution < -0.4 is 5.32 Å². The number of aryl methyl sites for hydroxylation is 1. The Morgan fingerprint density at radius 1 is 1.27 bits per heavy atom. The summed E-state index contributed by atoms with van der Waals surface area (Å²) in [5, 5.41) is 4.24. The van der Waals surface area contributed by atoms with Gasteiger partial charge in [-0.3, -0.25) is 4.79 Å². The first-order valence-electron chi connectivity index (χ1n) is 6.38. The molecule has 0 unspecified atom stereocenters. The van der Waals surface area contributed by atoms with E-state index < -0.39 is 0 Å². The van der Waals surface area contributed by atoms with E-state index >= 15 is 0 Å². The predicted molar refractivity (Wildman–Crippen MR) is 92.7 cm³/mol. The fourth-order valence-electron chi connectivity index (χ4n) is 1.96. The minimum absolute atomic E-state index is 0.168. The van der Waals surface area contributed by atoms with Gasteiger partial charge in [-0.05, 0) is 48.2 Å². The van der Waals surface area contributed by atoms with E-state index in [4.69, 9.17) is 23.2 Å². The lowest BCUT2D eigenvalue weighted by Gasteiger charge is -1.98. The molecule has 2 aromatic rings. The highest BCUT2D eigenvalue weighted by Gasteiger charge is 2.24. The smallest absolute Gasteiger partial charge is 0.264 e. The molecule has 1 amide bonds. The van der Waals surface area contributed by atoms with Crippen LogP contribution in [0.1, 0.15) is 5.69 Å². The number of nitrogens with one attached hydrogen (secondary N) is 1. The average molecular weight is 352 g/mol. The number of aromatic nitrogens is 1. The monoisotopic (exact) mass is 351 g/mol. The lowest BCUT2D eigenvalue weighted by atomic mass is 10.3. The summed E-state index contributed by atoms with van der Waals surface area (Å²) >= 11 is 13.2. The van der Waals surface area contributed by atoms with Crippen LogP contribution in [0.15, 0.2) is 46.4 Å². The maximum Gasteiger partial charge on any atom is 0.264 e. The van der Waals surface area contributed by atoms with Crippen molar-refractivity contribution in [2.24, 2.45) is 12.0 Å². The number of amides is 1. The maximum absolute atomic E-state index is 12.0. The molecule has 1 N–H and O–H groups in total. The number of carbonyl (C=O) groups is 1. The highest BCUT2D eigenvalue weighted by molar-refractivity contribution is 8.18. The number of carbonyl (C=O) groups excluding carboxylic acids is 1. The third kappa shape index (κ3) is 3.38. The van der Waals surface area contributed by atoms with Gasteiger partial charge in [0.05, 0.1) is 10.6 Å². The van der Waals surface area contributed by atoms with Crippen molar-refractivity contribution in [3.8, 4) is 0 Å². The van der Waals surface area contributed by atoms with Crippen molar-refractivity contribution in [3.63, 3.8) is 0 Å². The molecule has 0 bridgehead atoms. The second kappa shape index (κ2) is 6.20. The van der Waals surface area contributed by atoms with Crippen LogP contribution in [-0.4, -0.2) is 15.6 Å². The van der Waals surface area contributed by atoms with Gasteiger partial charge < -0.3 is 9.88 Å². The summed E-state index contributed by atoms with van der Waals surface area (Å²) < 4.78 is 1.94. The molecule has 1 saturated heterocycles. The van der Waals surface area contributed by atoms with Gasteiger partial charge in [0.15, 0.2) is 5.17 Å². The van der Waals surface area contributed by atoms with Crippen LogP contribution in [0.3, 0.4) is 0 Å². The molecule has 3 rings (SSSR count). The molecule has 1 aromatic carbocycles. The zero-order valence-electron chi connectivity index (χ0n) is 11.5. The van der Waals surface area contributed by atoms with Crippen molar-refractivity contribution in [1.82, 2.24) is 9.88 Å². The van der Waals surface area contributed by atoms with Crippen molar-refractivity contribution in [2.45, 2.75) is 0 Å². The third-order valence-electron chi connectivity index (χ3n) is 2.99. The highest BCUT2D eigenvalue weighted by Crippen LogP contribution is 2.30. The fraction of sp³-hybridized carbons (Fsp3) is 0.0667. The molecule has 112 valence electrons. The molecule has 1 aliphatic heterocycles. The Kier molecular flexibility index (Phi) is 4.29. The molecule has 0 spiro atoms. The van der Waals surface area contributed by atoms with Crippen LogP contribution in [0.25, 0.3) is 6.08 Å². The Bertz CT molecular complexity index is 791. The topological polar surface area (TPSA) is 46.4 Å². The van der Waals surface area contributed by atoms with E-state index in [0.717, 1.165) is 5.69 Å². The number of hydrogen-bond acceptors (Lipinski definition) is 3. The van der Waals surface area contributed by atoms with Gasteiger partial charge in [-0.1, -0.05) is 23.2 Å². The summed E-state index contributed by atoms with van der Waals surface area (Å²) in [5.74, 6) is -0.168. The Balaban J connectivity index is 1.87. The lowest BCUT2D eigenvalue weighted by molar-refractivity contribution is -0.115. The van der Waals surface area contributed by atoms with Crippen LogP contribution in [-0.2, 0) is 11.8 Å². The Morgan fingerprint density at radius 3 is 2.64 bits per heavy atom. The molecule has 2 heterocycles. The number of nitrogens with zero attached hydrogens (tertiary/aromatic N) is 2. The van der Waals surface area contributed by atoms with Gasteiger partial charge in [-0.25, -0.2) is 4.99 Å². The summed E-state index contributed by atoms with van der Waals surface area (Å²) in [5.41, 5.74) is 1.55. The largest absolute Gasteiger partial charge is 0.351 e. The van der Waals surface area contributed by atoms with Gasteiger partial charge in [0.2, 0.25) is 0 Å². The minimum atomic E-state index is -0.168. The predicted octanol–water partition coefficient (Wildman–Crippen LogP) is 4.22. The molecular weight excluding hydrogens is 341 g/mol. The normalized spacial score (nSPS) is 18.2. The van der Waals surface area contributed by atoms with E-state index in [1.54, 1.807) is 18.2 Å². The SMILES string of the molecule is Cn1cccc1/C=C1\SC(=Nc2cc(Cl)cc(Cl)c2)NC1=O. The first-order chi connectivity index (χ1) is 10.5. The van der Waals surface area contributed by atoms with Gasteiger partial charge >= 0.3 is 0 Å². The van der Waals surface area contributed by atoms with Crippen LogP contribution in [0.2, 0.25) is 10.0 Å². The summed E-state index contributed by atoms with van der Waals surface area (Å²) in [6.45, 7) is 0. The number of halogens is 2. The van der Waals surface area contributed by atoms with E-state index in [9.17, 15) is 4.79 Å². The quantitative estimate of drug-likeness (QED) is 0.823. The zero-order valence-corrected chi connectivity index (χ0v) is 13.8. The van der Waals surface area contributed by atoms with E-state index in [1.807, 2.05) is 36.0 Å². The number of hydrogen-bond donors (Lipinski definition) is 1. The number of aliphatic imine (C=N–C) groups is 1. The van der Waals surface area contributed by atoms with Crippen LogP contribution in [0, 0.1) is 0 Å². The first-order valence-corrected chi connectivity index (χ1v) is 7.95. The number of benzene rings is 1. The van der Waals surface area contributed by atoms with Crippen molar-refractivity contribution in [1.29, 1.82) is 0 Å². The number of rotatable bonds is 2. The molecule has 1 aliphatic rings.